The van der Waals surface area contributed by atoms with Crippen LogP contribution in [-0.2, 0) is 0 Å². The fourth-order valence-corrected chi connectivity index (χ4v) is 3.88. The minimum absolute atomic E-state index is 0. The van der Waals surface area contributed by atoms with Gasteiger partial charge >= 0.3 is 0 Å². The molecule has 7 nitrogen and oxygen atoms in total. The van der Waals surface area contributed by atoms with E-state index in [0.717, 1.165) is 33.1 Å². The number of hydrogen-bond donors (Lipinski definition) is 2. The third-order valence-electron chi connectivity index (χ3n) is 5.34. The number of aryl methyl sites for hydroxylation is 1. The Hall–Kier alpha value is -3.65. The molecule has 0 amide bonds. The molecule has 5 rings (SSSR count). The number of anilines is 1. The Kier molecular flexibility index (Phi) is 5.48. The number of benzene rings is 2. The van der Waals surface area contributed by atoms with Gasteiger partial charge in [-0.15, -0.1) is 0 Å². The summed E-state index contributed by atoms with van der Waals surface area (Å²) in [5.41, 5.74) is 3.27. The van der Waals surface area contributed by atoms with Gasteiger partial charge in [-0.3, -0.25) is 14.5 Å². The number of nitrogens with zero attached hydrogens (tertiary/aromatic N) is 4. The fourth-order valence-electron chi connectivity index (χ4n) is 3.88. The topological polar surface area (TPSA) is 88.5 Å². The molecule has 0 aliphatic rings. The van der Waals surface area contributed by atoms with Crippen LogP contribution in [0.25, 0.3) is 27.5 Å². The van der Waals surface area contributed by atoms with E-state index in [1.807, 2.05) is 62.4 Å². The Morgan fingerprint density at radius 3 is 2.68 bits per heavy atom. The van der Waals surface area contributed by atoms with Crippen molar-refractivity contribution in [2.75, 3.05) is 5.32 Å². The minimum Gasteiger partial charge on any atom is -0.361 e. The molecular formula is C23H22N6OS. The lowest BCUT2D eigenvalue weighted by Gasteiger charge is -2.22. The van der Waals surface area contributed by atoms with Crippen molar-refractivity contribution in [1.29, 1.82) is 0 Å². The van der Waals surface area contributed by atoms with Gasteiger partial charge in [-0.1, -0.05) is 36.4 Å². The van der Waals surface area contributed by atoms with Crippen LogP contribution in [0.1, 0.15) is 24.2 Å². The highest BCUT2D eigenvalue weighted by Crippen LogP contribution is 2.26. The van der Waals surface area contributed by atoms with Crippen LogP contribution in [0.5, 0.6) is 0 Å². The first-order chi connectivity index (χ1) is 14.6. The zero-order valence-electron chi connectivity index (χ0n) is 17.1. The van der Waals surface area contributed by atoms with Gasteiger partial charge in [-0.25, -0.2) is 9.97 Å². The molecular weight excluding hydrogens is 408 g/mol. The molecule has 0 aliphatic carbocycles. The highest BCUT2D eigenvalue weighted by Gasteiger charge is 2.18. The van der Waals surface area contributed by atoms with E-state index in [0.29, 0.717) is 11.5 Å². The van der Waals surface area contributed by atoms with Crippen molar-refractivity contribution >= 4 is 41.1 Å². The van der Waals surface area contributed by atoms with Crippen molar-refractivity contribution < 1.29 is 0 Å². The largest absolute Gasteiger partial charge is 0.361 e. The van der Waals surface area contributed by atoms with Gasteiger partial charge in [-0.05, 0) is 43.0 Å². The molecule has 156 valence electrons. The molecule has 8 heteroatoms. The summed E-state index contributed by atoms with van der Waals surface area (Å²) in [6.07, 6.45) is 3.18. The van der Waals surface area contributed by atoms with E-state index in [1.165, 1.54) is 6.33 Å². The fraction of sp³-hybridized carbons (Fsp3) is 0.130. The Bertz CT molecular complexity index is 1430. The Morgan fingerprint density at radius 1 is 1.06 bits per heavy atom. The number of aromatic amines is 1. The van der Waals surface area contributed by atoms with E-state index in [1.54, 1.807) is 10.8 Å². The van der Waals surface area contributed by atoms with Crippen LogP contribution in [0.4, 0.5) is 5.82 Å². The number of fused-ring (bicyclic) bond motifs is 2. The average Bonchev–Trinajstić information content (AvgIpc) is 3.24. The molecule has 0 spiro atoms. The molecule has 3 aromatic heterocycles. The van der Waals surface area contributed by atoms with Crippen molar-refractivity contribution in [3.63, 3.8) is 0 Å². The van der Waals surface area contributed by atoms with E-state index in [-0.39, 0.29) is 25.1 Å². The lowest BCUT2D eigenvalue weighted by atomic mass is 10.0. The van der Waals surface area contributed by atoms with E-state index < -0.39 is 0 Å². The van der Waals surface area contributed by atoms with Crippen LogP contribution in [0.15, 0.2) is 71.9 Å². The highest BCUT2D eigenvalue weighted by molar-refractivity contribution is 7.59. The Labute approximate surface area is 185 Å². The van der Waals surface area contributed by atoms with Crippen LogP contribution in [0, 0.1) is 6.92 Å². The number of nitrogens with one attached hydrogen (secondary N) is 2. The molecule has 1 atom stereocenters. The molecule has 5 aromatic rings. The Morgan fingerprint density at radius 2 is 1.87 bits per heavy atom. The predicted molar refractivity (Wildman–Crippen MR) is 128 cm³/mol. The van der Waals surface area contributed by atoms with Crippen molar-refractivity contribution in [1.82, 2.24) is 24.7 Å². The molecule has 0 unspecified atom stereocenters. The van der Waals surface area contributed by atoms with Crippen molar-refractivity contribution in [3.05, 3.63) is 88.7 Å². The first-order valence-corrected chi connectivity index (χ1v) is 9.75. The molecule has 0 saturated carbocycles. The van der Waals surface area contributed by atoms with Crippen LogP contribution in [-0.4, -0.2) is 24.7 Å². The molecule has 0 radical (unpaired) electrons. The molecule has 31 heavy (non-hydrogen) atoms. The quantitative estimate of drug-likeness (QED) is 0.445. The summed E-state index contributed by atoms with van der Waals surface area (Å²) in [7, 11) is 0. The van der Waals surface area contributed by atoms with E-state index in [9.17, 15) is 4.79 Å². The first kappa shape index (κ1) is 20.6. The number of pyridine rings is 1. The average molecular weight is 431 g/mol. The van der Waals surface area contributed by atoms with Gasteiger partial charge in [0.25, 0.3) is 5.56 Å². The monoisotopic (exact) mass is 430 g/mol. The summed E-state index contributed by atoms with van der Waals surface area (Å²) in [6.45, 7) is 3.99. The standard InChI is InChI=1S/C23H20N6O.H2S/c1-14-7-6-8-16-11-19(29(23(30)20(14)16)17-9-4-3-5-10-17)15(2)27-21-18-12-26-28-22(18)25-13-24-21;/h3-13,15H,1-2H3,(H2,24,25,26,27,28);1H2/t15-;/m0./s1. The van der Waals surface area contributed by atoms with Crippen LogP contribution >= 0.6 is 13.5 Å². The third-order valence-corrected chi connectivity index (χ3v) is 5.34. The molecule has 2 N–H and O–H groups in total. The lowest BCUT2D eigenvalue weighted by molar-refractivity contribution is 0.774. The van der Waals surface area contributed by atoms with Gasteiger partial charge in [0, 0.05) is 11.4 Å². The van der Waals surface area contributed by atoms with Crippen LogP contribution in [0.2, 0.25) is 0 Å². The molecule has 0 saturated heterocycles. The summed E-state index contributed by atoms with van der Waals surface area (Å²) < 4.78 is 1.78. The van der Waals surface area contributed by atoms with Gasteiger partial charge in [0.15, 0.2) is 5.65 Å². The second-order valence-electron chi connectivity index (χ2n) is 7.31. The molecule has 0 aliphatic heterocycles. The summed E-state index contributed by atoms with van der Waals surface area (Å²) >= 11 is 0. The number of rotatable bonds is 4. The Balaban J connectivity index is 0.00000231. The zero-order chi connectivity index (χ0) is 20.7. The highest BCUT2D eigenvalue weighted by atomic mass is 32.1. The van der Waals surface area contributed by atoms with Crippen LogP contribution in [0.3, 0.4) is 0 Å². The number of hydrogen-bond acceptors (Lipinski definition) is 5. The molecule has 0 bridgehead atoms. The normalized spacial score (nSPS) is 11.9. The lowest BCUT2D eigenvalue weighted by Crippen LogP contribution is -2.26. The summed E-state index contributed by atoms with van der Waals surface area (Å²) in [4.78, 5) is 22.2. The second-order valence-corrected chi connectivity index (χ2v) is 7.31. The number of H-pyrrole nitrogens is 1. The number of para-hydroxylation sites is 1. The zero-order valence-corrected chi connectivity index (χ0v) is 18.1. The third kappa shape index (κ3) is 3.55. The first-order valence-electron chi connectivity index (χ1n) is 9.75. The molecule has 0 fully saturated rings. The summed E-state index contributed by atoms with van der Waals surface area (Å²) in [6, 6.07) is 17.5. The summed E-state index contributed by atoms with van der Waals surface area (Å²) in [5, 5.41) is 12.8. The summed E-state index contributed by atoms with van der Waals surface area (Å²) in [5.74, 6) is 0.664. The van der Waals surface area contributed by atoms with Crippen molar-refractivity contribution in [2.45, 2.75) is 19.9 Å². The van der Waals surface area contributed by atoms with Crippen molar-refractivity contribution in [3.8, 4) is 5.69 Å². The number of aromatic nitrogens is 5. The van der Waals surface area contributed by atoms with Gasteiger partial charge in [0.1, 0.15) is 12.1 Å². The van der Waals surface area contributed by atoms with Crippen molar-refractivity contribution in [2.24, 2.45) is 0 Å². The predicted octanol–water partition coefficient (Wildman–Crippen LogP) is 4.25. The minimum atomic E-state index is -0.198. The SMILES string of the molecule is Cc1cccc2cc([C@H](C)Nc3ncnc4[nH]ncc34)n(-c3ccccc3)c(=O)c12.S. The van der Waals surface area contributed by atoms with Gasteiger partial charge in [-0.2, -0.15) is 18.6 Å². The molecule has 2 aromatic carbocycles. The van der Waals surface area contributed by atoms with Gasteiger partial charge in [0.05, 0.1) is 23.0 Å². The maximum Gasteiger partial charge on any atom is 0.263 e. The van der Waals surface area contributed by atoms with Crippen LogP contribution < -0.4 is 10.9 Å². The van der Waals surface area contributed by atoms with Gasteiger partial charge in [0.2, 0.25) is 0 Å². The van der Waals surface area contributed by atoms with Gasteiger partial charge < -0.3 is 5.32 Å². The maximum atomic E-state index is 13.6. The smallest absolute Gasteiger partial charge is 0.263 e. The second kappa shape index (κ2) is 8.23. The van der Waals surface area contributed by atoms with E-state index >= 15 is 0 Å². The maximum absolute atomic E-state index is 13.6. The van der Waals surface area contributed by atoms with E-state index in [4.69, 9.17) is 0 Å². The molecule has 3 heterocycles. The van der Waals surface area contributed by atoms with E-state index in [2.05, 4.69) is 31.5 Å².